The molecule has 0 aliphatic carbocycles. The van der Waals surface area contributed by atoms with Crippen molar-refractivity contribution >= 4 is 11.2 Å². The third-order valence-electron chi connectivity index (χ3n) is 2.61. The van der Waals surface area contributed by atoms with Crippen LogP contribution in [0.4, 0.5) is 0 Å². The molecule has 2 heterocycles. The summed E-state index contributed by atoms with van der Waals surface area (Å²) in [5, 5.41) is 0. The summed E-state index contributed by atoms with van der Waals surface area (Å²) in [7, 11) is 0. The standard InChI is InChI=1S/C13H10N2O2/c16-13-15(9-10-5-2-1-3-6-10)12-11(17-13)7-4-8-14-12/h1-8H,9H2. The van der Waals surface area contributed by atoms with Crippen LogP contribution in [0.3, 0.4) is 0 Å². The highest BCUT2D eigenvalue weighted by atomic mass is 16.4. The van der Waals surface area contributed by atoms with Crippen molar-refractivity contribution in [3.05, 3.63) is 64.8 Å². The zero-order valence-corrected chi connectivity index (χ0v) is 9.04. The first kappa shape index (κ1) is 9.84. The zero-order chi connectivity index (χ0) is 11.7. The lowest BCUT2D eigenvalue weighted by atomic mass is 10.2. The van der Waals surface area contributed by atoms with E-state index in [4.69, 9.17) is 4.42 Å². The number of nitrogens with zero attached hydrogens (tertiary/aromatic N) is 2. The molecule has 0 radical (unpaired) electrons. The minimum absolute atomic E-state index is 0.373. The van der Waals surface area contributed by atoms with Crippen molar-refractivity contribution in [3.8, 4) is 0 Å². The molecule has 0 amide bonds. The summed E-state index contributed by atoms with van der Waals surface area (Å²) in [4.78, 5) is 15.9. The molecule has 17 heavy (non-hydrogen) atoms. The van der Waals surface area contributed by atoms with Crippen LogP contribution >= 0.6 is 0 Å². The maximum absolute atomic E-state index is 11.7. The molecule has 0 aliphatic rings. The van der Waals surface area contributed by atoms with Crippen LogP contribution in [0.2, 0.25) is 0 Å². The zero-order valence-electron chi connectivity index (χ0n) is 9.04. The quantitative estimate of drug-likeness (QED) is 0.671. The van der Waals surface area contributed by atoms with E-state index in [2.05, 4.69) is 4.98 Å². The van der Waals surface area contributed by atoms with Gasteiger partial charge in [0.15, 0.2) is 11.2 Å². The number of fused-ring (bicyclic) bond motifs is 1. The summed E-state index contributed by atoms with van der Waals surface area (Å²) in [5.74, 6) is -0.373. The Hall–Kier alpha value is -2.36. The molecule has 0 saturated heterocycles. The summed E-state index contributed by atoms with van der Waals surface area (Å²) < 4.78 is 6.65. The minimum atomic E-state index is -0.373. The molecule has 84 valence electrons. The largest absolute Gasteiger partial charge is 0.421 e. The smallest absolute Gasteiger partial charge is 0.406 e. The SMILES string of the molecule is O=c1oc2cccnc2n1Cc1ccccc1. The highest BCUT2D eigenvalue weighted by Crippen LogP contribution is 2.10. The molecule has 0 atom stereocenters. The topological polar surface area (TPSA) is 48.0 Å². The fraction of sp³-hybridized carbons (Fsp3) is 0.0769. The van der Waals surface area contributed by atoms with Crippen LogP contribution in [-0.2, 0) is 6.54 Å². The molecular weight excluding hydrogens is 216 g/mol. The van der Waals surface area contributed by atoms with Crippen LogP contribution in [0.25, 0.3) is 11.2 Å². The number of pyridine rings is 1. The Morgan fingerprint density at radius 2 is 1.94 bits per heavy atom. The first-order valence-electron chi connectivity index (χ1n) is 5.33. The van der Waals surface area contributed by atoms with Crippen molar-refractivity contribution in [2.24, 2.45) is 0 Å². The lowest BCUT2D eigenvalue weighted by Gasteiger charge is -2.00. The number of hydrogen-bond donors (Lipinski definition) is 0. The third-order valence-corrected chi connectivity index (χ3v) is 2.61. The van der Waals surface area contributed by atoms with E-state index in [1.54, 1.807) is 18.3 Å². The van der Waals surface area contributed by atoms with Crippen molar-refractivity contribution in [2.75, 3.05) is 0 Å². The highest BCUT2D eigenvalue weighted by Gasteiger charge is 2.09. The van der Waals surface area contributed by atoms with Gasteiger partial charge in [0.1, 0.15) is 0 Å². The molecule has 0 unspecified atom stereocenters. The van der Waals surface area contributed by atoms with Gasteiger partial charge in [-0.2, -0.15) is 0 Å². The van der Waals surface area contributed by atoms with Crippen molar-refractivity contribution in [3.63, 3.8) is 0 Å². The Kier molecular flexibility index (Phi) is 2.26. The molecule has 0 N–H and O–H groups in total. The van der Waals surface area contributed by atoms with Gasteiger partial charge in [0.2, 0.25) is 0 Å². The van der Waals surface area contributed by atoms with Gasteiger partial charge in [-0.25, -0.2) is 9.78 Å². The average molecular weight is 226 g/mol. The lowest BCUT2D eigenvalue weighted by Crippen LogP contribution is -2.15. The third kappa shape index (κ3) is 1.73. The summed E-state index contributed by atoms with van der Waals surface area (Å²) in [6.45, 7) is 0.476. The van der Waals surface area contributed by atoms with Crippen LogP contribution < -0.4 is 5.76 Å². The van der Waals surface area contributed by atoms with Crippen LogP contribution in [0, 0.1) is 0 Å². The van der Waals surface area contributed by atoms with E-state index in [1.807, 2.05) is 30.3 Å². The Morgan fingerprint density at radius 3 is 2.76 bits per heavy atom. The summed E-state index contributed by atoms with van der Waals surface area (Å²) in [5.41, 5.74) is 2.15. The number of benzene rings is 1. The molecule has 3 aromatic rings. The summed E-state index contributed by atoms with van der Waals surface area (Å²) in [6, 6.07) is 13.2. The van der Waals surface area contributed by atoms with Crippen molar-refractivity contribution < 1.29 is 4.42 Å². The molecule has 1 aromatic carbocycles. The molecule has 0 aliphatic heterocycles. The maximum Gasteiger partial charge on any atom is 0.421 e. The minimum Gasteiger partial charge on any atom is -0.406 e. The second-order valence-electron chi connectivity index (χ2n) is 3.76. The van der Waals surface area contributed by atoms with Gasteiger partial charge in [0.05, 0.1) is 6.54 Å². The van der Waals surface area contributed by atoms with Crippen molar-refractivity contribution in [1.29, 1.82) is 0 Å². The van der Waals surface area contributed by atoms with E-state index in [1.165, 1.54) is 4.57 Å². The van der Waals surface area contributed by atoms with Crippen LogP contribution in [0.1, 0.15) is 5.56 Å². The average Bonchev–Trinajstić information content (AvgIpc) is 2.68. The molecule has 0 fully saturated rings. The van der Waals surface area contributed by atoms with Crippen molar-refractivity contribution in [1.82, 2.24) is 9.55 Å². The predicted molar refractivity (Wildman–Crippen MR) is 63.8 cm³/mol. The van der Waals surface area contributed by atoms with Gasteiger partial charge < -0.3 is 4.42 Å². The van der Waals surface area contributed by atoms with Gasteiger partial charge in [0, 0.05) is 6.20 Å². The van der Waals surface area contributed by atoms with Gasteiger partial charge in [-0.3, -0.25) is 4.57 Å². The monoisotopic (exact) mass is 226 g/mol. The lowest BCUT2D eigenvalue weighted by molar-refractivity contribution is 0.517. The van der Waals surface area contributed by atoms with E-state index in [-0.39, 0.29) is 5.76 Å². The van der Waals surface area contributed by atoms with Crippen LogP contribution in [-0.4, -0.2) is 9.55 Å². The van der Waals surface area contributed by atoms with Gasteiger partial charge in [-0.1, -0.05) is 30.3 Å². The normalized spacial score (nSPS) is 10.8. The molecule has 0 spiro atoms. The molecule has 0 bridgehead atoms. The molecule has 0 saturated carbocycles. The van der Waals surface area contributed by atoms with E-state index >= 15 is 0 Å². The Balaban J connectivity index is 2.12. The molecule has 4 nitrogen and oxygen atoms in total. The maximum atomic E-state index is 11.7. The number of aromatic nitrogens is 2. The van der Waals surface area contributed by atoms with Gasteiger partial charge >= 0.3 is 5.76 Å². The fourth-order valence-corrected chi connectivity index (χ4v) is 1.81. The molecule has 4 heteroatoms. The highest BCUT2D eigenvalue weighted by molar-refractivity contribution is 5.67. The molecular formula is C13H10N2O2. The van der Waals surface area contributed by atoms with E-state index in [9.17, 15) is 4.79 Å². The molecule has 2 aromatic heterocycles. The van der Waals surface area contributed by atoms with E-state index in [0.717, 1.165) is 5.56 Å². The fourth-order valence-electron chi connectivity index (χ4n) is 1.81. The first-order valence-corrected chi connectivity index (χ1v) is 5.33. The predicted octanol–water partition coefficient (Wildman–Crippen LogP) is 2.04. The van der Waals surface area contributed by atoms with Crippen molar-refractivity contribution in [2.45, 2.75) is 6.54 Å². The second-order valence-corrected chi connectivity index (χ2v) is 3.76. The molecule has 3 rings (SSSR count). The first-order chi connectivity index (χ1) is 8.34. The number of rotatable bonds is 2. The summed E-state index contributed by atoms with van der Waals surface area (Å²) in [6.07, 6.45) is 1.65. The Morgan fingerprint density at radius 1 is 1.12 bits per heavy atom. The second kappa shape index (κ2) is 3.90. The van der Waals surface area contributed by atoms with Crippen LogP contribution in [0.15, 0.2) is 57.9 Å². The van der Waals surface area contributed by atoms with Gasteiger partial charge in [-0.15, -0.1) is 0 Å². The Labute approximate surface area is 97.1 Å². The van der Waals surface area contributed by atoms with Gasteiger partial charge in [0.25, 0.3) is 0 Å². The van der Waals surface area contributed by atoms with Crippen LogP contribution in [0.5, 0.6) is 0 Å². The van der Waals surface area contributed by atoms with E-state index in [0.29, 0.717) is 17.8 Å². The van der Waals surface area contributed by atoms with Gasteiger partial charge in [-0.05, 0) is 17.7 Å². The van der Waals surface area contributed by atoms with E-state index < -0.39 is 0 Å². The number of hydrogen-bond acceptors (Lipinski definition) is 3. The number of oxazole rings is 1. The Bertz CT molecular complexity index is 698. The summed E-state index contributed by atoms with van der Waals surface area (Å²) >= 11 is 0.